The monoisotopic (exact) mass is 260 g/mol. The second-order valence-corrected chi connectivity index (χ2v) is 5.77. The summed E-state index contributed by atoms with van der Waals surface area (Å²) >= 11 is 0. The van der Waals surface area contributed by atoms with E-state index in [1.165, 1.54) is 24.9 Å². The van der Waals surface area contributed by atoms with Crippen LogP contribution in [0.25, 0.3) is 0 Å². The van der Waals surface area contributed by atoms with Crippen LogP contribution in [0.2, 0.25) is 0 Å². The Morgan fingerprint density at radius 3 is 2.89 bits per heavy atom. The molecule has 0 aromatic heterocycles. The molecular formula is C16H24N2O. The summed E-state index contributed by atoms with van der Waals surface area (Å²) in [5.74, 6) is 1.86. The van der Waals surface area contributed by atoms with Crippen LogP contribution in [0.4, 0.5) is 5.69 Å². The van der Waals surface area contributed by atoms with Crippen LogP contribution in [0.1, 0.15) is 26.2 Å². The first-order chi connectivity index (χ1) is 9.31. The Morgan fingerprint density at radius 2 is 2.21 bits per heavy atom. The Morgan fingerprint density at radius 1 is 1.37 bits per heavy atom. The number of benzene rings is 1. The van der Waals surface area contributed by atoms with Gasteiger partial charge < -0.3 is 15.0 Å². The fourth-order valence-corrected chi connectivity index (χ4v) is 3.11. The number of hydrogen-bond donors (Lipinski definition) is 1. The lowest BCUT2D eigenvalue weighted by Crippen LogP contribution is -2.57. The van der Waals surface area contributed by atoms with Crippen LogP contribution in [0, 0.1) is 5.92 Å². The Labute approximate surface area is 115 Å². The van der Waals surface area contributed by atoms with Crippen molar-refractivity contribution in [1.82, 2.24) is 5.32 Å². The molecule has 0 radical (unpaired) electrons. The van der Waals surface area contributed by atoms with Gasteiger partial charge >= 0.3 is 0 Å². The maximum Gasteiger partial charge on any atom is 0.120 e. The van der Waals surface area contributed by atoms with Gasteiger partial charge in [-0.05, 0) is 37.3 Å². The van der Waals surface area contributed by atoms with Crippen molar-refractivity contribution in [2.75, 3.05) is 25.1 Å². The molecule has 1 heterocycles. The number of nitrogens with zero attached hydrogens (tertiary/aromatic N) is 1. The number of nitrogens with one attached hydrogen (secondary N) is 1. The van der Waals surface area contributed by atoms with Gasteiger partial charge in [-0.25, -0.2) is 0 Å². The number of ether oxygens (including phenoxy) is 1. The fraction of sp³-hybridized carbons (Fsp3) is 0.625. The second-order valence-electron chi connectivity index (χ2n) is 5.77. The van der Waals surface area contributed by atoms with E-state index in [0.29, 0.717) is 12.1 Å². The minimum atomic E-state index is 0.599. The molecule has 2 atom stereocenters. The van der Waals surface area contributed by atoms with Gasteiger partial charge in [-0.1, -0.05) is 13.0 Å². The predicted octanol–water partition coefficient (Wildman–Crippen LogP) is 2.66. The van der Waals surface area contributed by atoms with Crippen molar-refractivity contribution < 1.29 is 4.74 Å². The summed E-state index contributed by atoms with van der Waals surface area (Å²) in [7, 11) is 1.74. The Balaban J connectivity index is 1.80. The SMILES string of the molecule is CCC1CNC(C2CC2)CN1c1cccc(OC)c1. The smallest absolute Gasteiger partial charge is 0.120 e. The van der Waals surface area contributed by atoms with Gasteiger partial charge in [0.15, 0.2) is 0 Å². The van der Waals surface area contributed by atoms with Crippen molar-refractivity contribution in [2.45, 2.75) is 38.3 Å². The first-order valence-corrected chi connectivity index (χ1v) is 7.46. The minimum Gasteiger partial charge on any atom is -0.497 e. The third kappa shape index (κ3) is 2.71. The Bertz CT molecular complexity index is 431. The molecule has 1 aliphatic carbocycles. The van der Waals surface area contributed by atoms with Crippen LogP contribution in [-0.4, -0.2) is 32.3 Å². The molecule has 0 amide bonds. The van der Waals surface area contributed by atoms with Gasteiger partial charge in [0, 0.05) is 36.9 Å². The van der Waals surface area contributed by atoms with E-state index in [1.54, 1.807) is 7.11 Å². The molecule has 3 heteroatoms. The van der Waals surface area contributed by atoms with E-state index in [2.05, 4.69) is 35.3 Å². The lowest BCUT2D eigenvalue weighted by molar-refractivity contribution is 0.359. The minimum absolute atomic E-state index is 0.599. The van der Waals surface area contributed by atoms with E-state index in [4.69, 9.17) is 4.74 Å². The molecular weight excluding hydrogens is 236 g/mol. The highest BCUT2D eigenvalue weighted by molar-refractivity contribution is 5.52. The van der Waals surface area contributed by atoms with E-state index in [9.17, 15) is 0 Å². The summed E-state index contributed by atoms with van der Waals surface area (Å²) in [6.45, 7) is 4.52. The van der Waals surface area contributed by atoms with Crippen molar-refractivity contribution in [1.29, 1.82) is 0 Å². The molecule has 1 aromatic rings. The van der Waals surface area contributed by atoms with Crippen molar-refractivity contribution in [3.8, 4) is 5.75 Å². The molecule has 1 N–H and O–H groups in total. The van der Waals surface area contributed by atoms with Crippen LogP contribution in [0.3, 0.4) is 0 Å². The number of rotatable bonds is 4. The quantitative estimate of drug-likeness (QED) is 0.901. The van der Waals surface area contributed by atoms with Gasteiger partial charge in [0.2, 0.25) is 0 Å². The van der Waals surface area contributed by atoms with Crippen LogP contribution in [-0.2, 0) is 0 Å². The molecule has 2 unspecified atom stereocenters. The lowest BCUT2D eigenvalue weighted by Gasteiger charge is -2.42. The molecule has 1 saturated heterocycles. The highest BCUT2D eigenvalue weighted by Crippen LogP contribution is 2.36. The van der Waals surface area contributed by atoms with Crippen molar-refractivity contribution in [3.63, 3.8) is 0 Å². The van der Waals surface area contributed by atoms with E-state index in [0.717, 1.165) is 24.8 Å². The number of piperazine rings is 1. The average Bonchev–Trinajstić information content (AvgIpc) is 3.31. The first-order valence-electron chi connectivity index (χ1n) is 7.46. The van der Waals surface area contributed by atoms with Crippen molar-refractivity contribution >= 4 is 5.69 Å². The molecule has 1 saturated carbocycles. The van der Waals surface area contributed by atoms with Crippen LogP contribution >= 0.6 is 0 Å². The largest absolute Gasteiger partial charge is 0.497 e. The number of methoxy groups -OCH3 is 1. The molecule has 19 heavy (non-hydrogen) atoms. The summed E-state index contributed by atoms with van der Waals surface area (Å²) in [5.41, 5.74) is 1.30. The maximum atomic E-state index is 5.36. The molecule has 3 nitrogen and oxygen atoms in total. The lowest BCUT2D eigenvalue weighted by atomic mass is 10.0. The summed E-state index contributed by atoms with van der Waals surface area (Å²) in [4.78, 5) is 2.57. The summed E-state index contributed by atoms with van der Waals surface area (Å²) < 4.78 is 5.36. The van der Waals surface area contributed by atoms with Gasteiger partial charge in [-0.15, -0.1) is 0 Å². The molecule has 1 aromatic carbocycles. The zero-order valence-electron chi connectivity index (χ0n) is 11.9. The molecule has 2 aliphatic rings. The topological polar surface area (TPSA) is 24.5 Å². The second kappa shape index (κ2) is 5.41. The highest BCUT2D eigenvalue weighted by Gasteiger charge is 2.36. The van der Waals surface area contributed by atoms with Gasteiger partial charge in [0.05, 0.1) is 7.11 Å². The van der Waals surface area contributed by atoms with Crippen molar-refractivity contribution in [3.05, 3.63) is 24.3 Å². The fourth-order valence-electron chi connectivity index (χ4n) is 3.11. The summed E-state index contributed by atoms with van der Waals surface area (Å²) in [6, 6.07) is 9.76. The normalized spacial score (nSPS) is 27.4. The van der Waals surface area contributed by atoms with Gasteiger partial charge in [0.1, 0.15) is 5.75 Å². The van der Waals surface area contributed by atoms with Gasteiger partial charge in [0.25, 0.3) is 0 Å². The molecule has 1 aliphatic heterocycles. The summed E-state index contributed by atoms with van der Waals surface area (Å²) in [5, 5.41) is 3.74. The molecule has 0 bridgehead atoms. The van der Waals surface area contributed by atoms with Crippen LogP contribution in [0.15, 0.2) is 24.3 Å². The maximum absolute atomic E-state index is 5.36. The molecule has 0 spiro atoms. The third-order valence-electron chi connectivity index (χ3n) is 4.50. The third-order valence-corrected chi connectivity index (χ3v) is 4.50. The molecule has 3 rings (SSSR count). The van der Waals surface area contributed by atoms with E-state index in [1.807, 2.05) is 6.07 Å². The average molecular weight is 260 g/mol. The summed E-state index contributed by atoms with van der Waals surface area (Å²) in [6.07, 6.45) is 3.99. The standard InChI is InChI=1S/C16H24N2O/c1-3-13-10-17-16(12-7-8-12)11-18(13)14-5-4-6-15(9-14)19-2/h4-6,9,12-13,16-17H,3,7-8,10-11H2,1-2H3. The predicted molar refractivity (Wildman–Crippen MR) is 78.9 cm³/mol. The molecule has 2 fully saturated rings. The first kappa shape index (κ1) is 12.8. The van der Waals surface area contributed by atoms with Gasteiger partial charge in [-0.2, -0.15) is 0 Å². The zero-order valence-corrected chi connectivity index (χ0v) is 11.9. The number of hydrogen-bond acceptors (Lipinski definition) is 3. The van der Waals surface area contributed by atoms with E-state index < -0.39 is 0 Å². The zero-order chi connectivity index (χ0) is 13.2. The van der Waals surface area contributed by atoms with E-state index >= 15 is 0 Å². The Hall–Kier alpha value is -1.22. The van der Waals surface area contributed by atoms with Crippen LogP contribution in [0.5, 0.6) is 5.75 Å². The number of anilines is 1. The van der Waals surface area contributed by atoms with E-state index in [-0.39, 0.29) is 0 Å². The van der Waals surface area contributed by atoms with Gasteiger partial charge in [-0.3, -0.25) is 0 Å². The molecule has 104 valence electrons. The van der Waals surface area contributed by atoms with Crippen molar-refractivity contribution in [2.24, 2.45) is 5.92 Å². The van der Waals surface area contributed by atoms with Crippen LogP contribution < -0.4 is 15.0 Å². The highest BCUT2D eigenvalue weighted by atomic mass is 16.5. The Kier molecular flexibility index (Phi) is 3.65.